The van der Waals surface area contributed by atoms with E-state index < -0.39 is 83.6 Å². The molecular weight excluding hydrogens is 704 g/mol. The number of rotatable bonds is 14. The predicted octanol–water partition coefficient (Wildman–Crippen LogP) is -1.50. The Hall–Kier alpha value is 1.52. The topological polar surface area (TPSA) is 379 Å². The van der Waals surface area contributed by atoms with Crippen LogP contribution in [0.15, 0.2) is 0 Å². The van der Waals surface area contributed by atoms with Crippen molar-refractivity contribution in [1.29, 1.82) is 0 Å². The van der Waals surface area contributed by atoms with Gasteiger partial charge in [-0.2, -0.15) is 0 Å². The summed E-state index contributed by atoms with van der Waals surface area (Å²) in [5, 5.41) is 0. The lowest BCUT2D eigenvalue weighted by Gasteiger charge is -2.48. The number of hydrogen-bond donors (Lipinski definition) is 10. The summed E-state index contributed by atoms with van der Waals surface area (Å²) in [5.74, 6) is 0. The minimum absolute atomic E-state index is 1.29. The average Bonchev–Trinajstić information content (AvgIpc) is 2.65. The van der Waals surface area contributed by atoms with Crippen molar-refractivity contribution in [2.45, 2.75) is 36.6 Å². The van der Waals surface area contributed by atoms with Crippen molar-refractivity contribution in [3.8, 4) is 0 Å². The second-order valence-corrected chi connectivity index (χ2v) is 15.3. The van der Waals surface area contributed by atoms with Gasteiger partial charge in [-0.25, -0.2) is 27.4 Å². The van der Waals surface area contributed by atoms with Gasteiger partial charge in [-0.05, 0) is 0 Å². The molecule has 0 spiro atoms. The molecule has 1 saturated carbocycles. The SMILES string of the molecule is O=P(O)(O)OC1[C@@H](OP(=O)(O)O)[C@H](OP(=O)(O)O)C(OP(=O)(OP)OP)[C@@H](OP(=O)(O)O)[C@H]1OP(=O)(O)O. The van der Waals surface area contributed by atoms with E-state index in [0.717, 1.165) is 0 Å². The Morgan fingerprint density at radius 3 is 0.658 bits per heavy atom. The molecule has 0 aliphatic heterocycles. The number of phosphoric acid groups is 6. The Morgan fingerprint density at radius 1 is 0.368 bits per heavy atom. The Balaban J connectivity index is 4.11. The van der Waals surface area contributed by atoms with E-state index in [2.05, 4.69) is 31.2 Å². The molecule has 32 heteroatoms. The summed E-state index contributed by atoms with van der Waals surface area (Å²) in [5.41, 5.74) is 0. The average molecular weight is 724 g/mol. The van der Waals surface area contributed by atoms with E-state index in [0.29, 0.717) is 0 Å². The van der Waals surface area contributed by atoms with Gasteiger partial charge in [0.25, 0.3) is 0 Å². The van der Waals surface area contributed by atoms with Gasteiger partial charge >= 0.3 is 46.9 Å². The van der Waals surface area contributed by atoms with Crippen molar-refractivity contribution < 1.29 is 112 Å². The van der Waals surface area contributed by atoms with Crippen LogP contribution in [0.3, 0.4) is 0 Å². The first kappa shape index (κ1) is 37.5. The molecule has 1 aliphatic carbocycles. The summed E-state index contributed by atoms with van der Waals surface area (Å²) in [4.78, 5) is 92.8. The van der Waals surface area contributed by atoms with E-state index in [1.54, 1.807) is 0 Å². The molecule has 10 N–H and O–H groups in total. The van der Waals surface area contributed by atoms with Crippen molar-refractivity contribution in [3.63, 3.8) is 0 Å². The lowest BCUT2D eigenvalue weighted by Crippen LogP contribution is -2.66. The third kappa shape index (κ3) is 13.2. The van der Waals surface area contributed by atoms with Crippen LogP contribution in [0.25, 0.3) is 0 Å². The quantitative estimate of drug-likeness (QED) is 0.0911. The second kappa shape index (κ2) is 13.4. The third-order valence-corrected chi connectivity index (χ3v) is 8.90. The smallest absolute Gasteiger partial charge is 0.303 e. The highest BCUT2D eigenvalue weighted by molar-refractivity contribution is 7.56. The Bertz CT molecular complexity index is 1020. The minimum atomic E-state index is -5.98. The fourth-order valence-corrected chi connectivity index (χ4v) is 7.22. The summed E-state index contributed by atoms with van der Waals surface area (Å²) in [6, 6.07) is 0. The van der Waals surface area contributed by atoms with Gasteiger partial charge in [-0.3, -0.25) is 35.8 Å². The minimum Gasteiger partial charge on any atom is -0.303 e. The fraction of sp³-hybridized carbons (Fsp3) is 1.00. The van der Waals surface area contributed by atoms with Gasteiger partial charge in [-0.1, -0.05) is 0 Å². The van der Waals surface area contributed by atoms with Crippen molar-refractivity contribution in [1.82, 2.24) is 0 Å². The van der Waals surface area contributed by atoms with E-state index in [1.807, 2.05) is 0 Å². The van der Waals surface area contributed by atoms with Crippen molar-refractivity contribution >= 4 is 65.9 Å². The Labute approximate surface area is 215 Å². The maximum Gasteiger partial charge on any atom is 0.480 e. The Kier molecular flexibility index (Phi) is 13.3. The molecule has 4 unspecified atom stereocenters. The monoisotopic (exact) mass is 724 g/mol. The van der Waals surface area contributed by atoms with Crippen molar-refractivity contribution in [3.05, 3.63) is 0 Å². The highest BCUT2D eigenvalue weighted by Crippen LogP contribution is 2.60. The van der Waals surface area contributed by atoms with Gasteiger partial charge in [0.15, 0.2) is 0 Å². The Morgan fingerprint density at radius 2 is 0.526 bits per heavy atom. The van der Waals surface area contributed by atoms with Gasteiger partial charge in [0.1, 0.15) is 36.6 Å². The molecule has 24 nitrogen and oxygen atoms in total. The standard InChI is InChI=1S/C6H20O24P8/c7-33(8,9)23-1-2(24-34(10,11)12)4(26-36(16,17)18)6(28-38(22,29-31)30-32)5(27-37(19,20)21)3(1)25-35(13,14)15/h1-6H,31-32H2,(H2,7,8,9)(H2,10,11,12)(H2,13,14,15)(H2,16,17,18)(H2,19,20,21)/t1?,2-,3+,4-,5-,6?/m0/s1. The van der Waals surface area contributed by atoms with Crippen molar-refractivity contribution in [2.24, 2.45) is 0 Å². The van der Waals surface area contributed by atoms with E-state index in [1.165, 1.54) is 18.9 Å². The maximum absolute atomic E-state index is 12.6. The molecule has 0 heterocycles. The van der Waals surface area contributed by atoms with Crippen LogP contribution in [0, 0.1) is 0 Å². The van der Waals surface area contributed by atoms with Crippen LogP contribution in [0.5, 0.6) is 0 Å². The molecule has 0 amide bonds. The zero-order valence-corrected chi connectivity index (χ0v) is 25.2. The van der Waals surface area contributed by atoms with Crippen LogP contribution in [-0.2, 0) is 63.2 Å². The van der Waals surface area contributed by atoms with Gasteiger partial charge in [0, 0.05) is 18.9 Å². The van der Waals surface area contributed by atoms with E-state index in [-0.39, 0.29) is 0 Å². The van der Waals surface area contributed by atoms with E-state index in [9.17, 15) is 76.3 Å². The first-order valence-electron chi connectivity index (χ1n) is 8.44. The summed E-state index contributed by atoms with van der Waals surface area (Å²) >= 11 is 0. The predicted molar refractivity (Wildman–Crippen MR) is 119 cm³/mol. The molecule has 0 radical (unpaired) electrons. The second-order valence-electron chi connectivity index (χ2n) is 6.53. The van der Waals surface area contributed by atoms with E-state index >= 15 is 0 Å². The van der Waals surface area contributed by atoms with Crippen LogP contribution in [0.2, 0.25) is 0 Å². The van der Waals surface area contributed by atoms with E-state index in [4.69, 9.17) is 4.52 Å². The van der Waals surface area contributed by atoms with Gasteiger partial charge in [0.05, 0.1) is 0 Å². The van der Waals surface area contributed by atoms with Crippen LogP contribution in [-0.4, -0.2) is 85.6 Å². The van der Waals surface area contributed by atoms with Crippen LogP contribution in [0.1, 0.15) is 0 Å². The molecule has 0 saturated heterocycles. The largest absolute Gasteiger partial charge is 0.480 e. The molecule has 0 bridgehead atoms. The summed E-state index contributed by atoms with van der Waals surface area (Å²) in [7, 11) is -32.4. The summed E-state index contributed by atoms with van der Waals surface area (Å²) in [6.07, 6.45) is -18.1. The fourth-order valence-electron chi connectivity index (χ4n) is 2.86. The highest BCUT2D eigenvalue weighted by Gasteiger charge is 2.63. The highest BCUT2D eigenvalue weighted by atomic mass is 31.2. The molecule has 1 aliphatic rings. The van der Waals surface area contributed by atoms with Gasteiger partial charge < -0.3 is 48.9 Å². The molecule has 0 aromatic rings. The van der Waals surface area contributed by atoms with Gasteiger partial charge in [0.2, 0.25) is 0 Å². The molecule has 8 atom stereocenters. The maximum atomic E-state index is 12.6. The zero-order valence-electron chi connectivity index (χ0n) is 17.5. The zero-order chi connectivity index (χ0) is 30.1. The number of phosphoric ester groups is 5. The molecule has 228 valence electrons. The van der Waals surface area contributed by atoms with Crippen LogP contribution >= 0.6 is 65.9 Å². The van der Waals surface area contributed by atoms with Crippen molar-refractivity contribution in [2.75, 3.05) is 0 Å². The van der Waals surface area contributed by atoms with Gasteiger partial charge in [-0.15, -0.1) is 0 Å². The van der Waals surface area contributed by atoms with Crippen LogP contribution in [0.4, 0.5) is 0 Å². The number of hydrogen-bond acceptors (Lipinski definition) is 14. The van der Waals surface area contributed by atoms with Crippen LogP contribution < -0.4 is 0 Å². The first-order chi connectivity index (χ1) is 16.7. The molecule has 1 fully saturated rings. The molecule has 38 heavy (non-hydrogen) atoms. The lowest BCUT2D eigenvalue weighted by atomic mass is 9.85. The summed E-state index contributed by atoms with van der Waals surface area (Å²) < 4.78 is 105. The first-order valence-corrected chi connectivity index (χ1v) is 18.5. The lowest BCUT2D eigenvalue weighted by molar-refractivity contribution is -0.201. The molecule has 1 rings (SSSR count). The molecule has 0 aromatic carbocycles. The molecular formula is C6H20O24P8. The normalized spacial score (nSPS) is 28.4. The summed E-state index contributed by atoms with van der Waals surface area (Å²) in [6.45, 7) is 0. The third-order valence-electron chi connectivity index (χ3n) is 3.75. The molecule has 0 aromatic heterocycles.